The van der Waals surface area contributed by atoms with Crippen molar-refractivity contribution in [1.29, 1.82) is 0 Å². The Morgan fingerprint density at radius 1 is 1.03 bits per heavy atom. The number of benzene rings is 2. The highest BCUT2D eigenvalue weighted by molar-refractivity contribution is 5.87. The average Bonchev–Trinajstić information content (AvgIpc) is 2.80. The van der Waals surface area contributed by atoms with Crippen molar-refractivity contribution in [1.82, 2.24) is 10.2 Å². The van der Waals surface area contributed by atoms with Crippen LogP contribution in [0.2, 0.25) is 0 Å². The summed E-state index contributed by atoms with van der Waals surface area (Å²) in [6, 6.07) is 14.8. The summed E-state index contributed by atoms with van der Waals surface area (Å²) in [7, 11) is 1.62. The van der Waals surface area contributed by atoms with Gasteiger partial charge in [0.05, 0.1) is 13.7 Å². The van der Waals surface area contributed by atoms with Crippen LogP contribution in [-0.4, -0.2) is 42.5 Å². The van der Waals surface area contributed by atoms with Gasteiger partial charge in [-0.15, -0.1) is 0 Å². The Bertz CT molecular complexity index is 866. The summed E-state index contributed by atoms with van der Waals surface area (Å²) in [4.78, 5) is 27.6. The first-order valence-electron chi connectivity index (χ1n) is 11.3. The maximum atomic E-state index is 13.1. The lowest BCUT2D eigenvalue weighted by Gasteiger charge is -2.30. The molecular weight excluding hydrogens is 404 g/mol. The van der Waals surface area contributed by atoms with Crippen molar-refractivity contribution in [3.8, 4) is 11.5 Å². The molecule has 0 saturated carbocycles. The molecule has 2 atom stereocenters. The molecule has 0 bridgehead atoms. The normalized spacial score (nSPS) is 12.5. The minimum atomic E-state index is -0.557. The fraction of sp³-hybridized carbons (Fsp3) is 0.462. The van der Waals surface area contributed by atoms with Crippen LogP contribution in [0.15, 0.2) is 48.5 Å². The Balaban J connectivity index is 2.00. The first kappa shape index (κ1) is 25.2. The van der Waals surface area contributed by atoms with E-state index >= 15 is 0 Å². The summed E-state index contributed by atoms with van der Waals surface area (Å²) < 4.78 is 10.9. The summed E-state index contributed by atoms with van der Waals surface area (Å²) in [5.74, 6) is 1.31. The topological polar surface area (TPSA) is 67.9 Å². The number of hydrogen-bond donors (Lipinski definition) is 1. The number of ether oxygens (including phenoxy) is 2. The third-order valence-electron chi connectivity index (χ3n) is 5.63. The fourth-order valence-electron chi connectivity index (χ4n) is 3.25. The Labute approximate surface area is 191 Å². The SMILES string of the molecule is CC[C@@H](C)NC(=O)[C@H](C)N(Cc1ccccc1C)C(=O)CCCOc1ccc(OC)cc1. The third-order valence-corrected chi connectivity index (χ3v) is 5.63. The van der Waals surface area contributed by atoms with Crippen molar-refractivity contribution < 1.29 is 19.1 Å². The maximum Gasteiger partial charge on any atom is 0.242 e. The number of rotatable bonds is 12. The number of carbonyl (C=O) groups is 2. The van der Waals surface area contributed by atoms with Gasteiger partial charge in [-0.3, -0.25) is 9.59 Å². The van der Waals surface area contributed by atoms with Crippen LogP contribution in [0.4, 0.5) is 0 Å². The van der Waals surface area contributed by atoms with Gasteiger partial charge in [0.1, 0.15) is 17.5 Å². The zero-order chi connectivity index (χ0) is 23.5. The molecule has 2 aromatic rings. The predicted octanol–water partition coefficient (Wildman–Crippen LogP) is 4.49. The first-order chi connectivity index (χ1) is 15.3. The Morgan fingerprint density at radius 3 is 2.31 bits per heavy atom. The van der Waals surface area contributed by atoms with Gasteiger partial charge in [-0.2, -0.15) is 0 Å². The van der Waals surface area contributed by atoms with Crippen molar-refractivity contribution in [3.63, 3.8) is 0 Å². The number of aryl methyl sites for hydroxylation is 1. The van der Waals surface area contributed by atoms with Crippen LogP contribution < -0.4 is 14.8 Å². The monoisotopic (exact) mass is 440 g/mol. The molecule has 0 radical (unpaired) electrons. The van der Waals surface area contributed by atoms with Crippen LogP contribution >= 0.6 is 0 Å². The van der Waals surface area contributed by atoms with E-state index in [0.717, 1.165) is 29.0 Å². The van der Waals surface area contributed by atoms with Gasteiger partial charge >= 0.3 is 0 Å². The minimum Gasteiger partial charge on any atom is -0.497 e. The second-order valence-corrected chi connectivity index (χ2v) is 8.07. The van der Waals surface area contributed by atoms with Crippen molar-refractivity contribution in [2.45, 2.75) is 65.6 Å². The van der Waals surface area contributed by atoms with Crippen molar-refractivity contribution in [2.24, 2.45) is 0 Å². The maximum absolute atomic E-state index is 13.1. The molecule has 0 aliphatic heterocycles. The summed E-state index contributed by atoms with van der Waals surface area (Å²) >= 11 is 0. The second kappa shape index (κ2) is 12.7. The summed E-state index contributed by atoms with van der Waals surface area (Å²) in [6.07, 6.45) is 1.71. The van der Waals surface area contributed by atoms with Crippen LogP contribution in [-0.2, 0) is 16.1 Å². The summed E-state index contributed by atoms with van der Waals surface area (Å²) in [5.41, 5.74) is 2.14. The Kier molecular flexibility index (Phi) is 10.1. The van der Waals surface area contributed by atoms with Gasteiger partial charge in [0.25, 0.3) is 0 Å². The van der Waals surface area contributed by atoms with Gasteiger partial charge in [0.15, 0.2) is 0 Å². The van der Waals surface area contributed by atoms with Gasteiger partial charge in [0.2, 0.25) is 11.8 Å². The molecule has 174 valence electrons. The van der Waals surface area contributed by atoms with Gasteiger partial charge in [0, 0.05) is 19.0 Å². The highest BCUT2D eigenvalue weighted by atomic mass is 16.5. The summed E-state index contributed by atoms with van der Waals surface area (Å²) in [6.45, 7) is 8.62. The molecule has 1 N–H and O–H groups in total. The van der Waals surface area contributed by atoms with Crippen molar-refractivity contribution >= 4 is 11.8 Å². The molecule has 2 rings (SSSR count). The van der Waals surface area contributed by atoms with Crippen LogP contribution in [0.25, 0.3) is 0 Å². The number of amides is 2. The zero-order valence-corrected chi connectivity index (χ0v) is 19.9. The number of nitrogens with one attached hydrogen (secondary N) is 1. The molecule has 0 fully saturated rings. The highest BCUT2D eigenvalue weighted by Crippen LogP contribution is 2.18. The lowest BCUT2D eigenvalue weighted by atomic mass is 10.1. The molecule has 0 spiro atoms. The van der Waals surface area contributed by atoms with Gasteiger partial charge in [-0.05, 0) is 69.0 Å². The van der Waals surface area contributed by atoms with Gasteiger partial charge in [-0.1, -0.05) is 31.2 Å². The number of nitrogens with zero attached hydrogens (tertiary/aromatic N) is 1. The van der Waals surface area contributed by atoms with E-state index < -0.39 is 6.04 Å². The van der Waals surface area contributed by atoms with E-state index in [1.807, 2.05) is 69.3 Å². The predicted molar refractivity (Wildman–Crippen MR) is 127 cm³/mol. The van der Waals surface area contributed by atoms with Crippen LogP contribution in [0.5, 0.6) is 11.5 Å². The molecule has 2 amide bonds. The lowest BCUT2D eigenvalue weighted by Crippen LogP contribution is -2.49. The summed E-state index contributed by atoms with van der Waals surface area (Å²) in [5, 5.41) is 3.00. The van der Waals surface area contributed by atoms with Crippen LogP contribution in [0.3, 0.4) is 0 Å². The molecule has 0 heterocycles. The van der Waals surface area contributed by atoms with Crippen LogP contribution in [0.1, 0.15) is 51.2 Å². The van der Waals surface area contributed by atoms with E-state index in [9.17, 15) is 9.59 Å². The molecule has 6 heteroatoms. The van der Waals surface area contributed by atoms with E-state index in [1.54, 1.807) is 18.9 Å². The number of methoxy groups -OCH3 is 1. The van der Waals surface area contributed by atoms with E-state index in [2.05, 4.69) is 5.32 Å². The van der Waals surface area contributed by atoms with E-state index in [1.165, 1.54) is 0 Å². The smallest absolute Gasteiger partial charge is 0.242 e. The molecular formula is C26H36N2O4. The fourth-order valence-corrected chi connectivity index (χ4v) is 3.25. The standard InChI is InChI=1S/C26H36N2O4/c1-6-20(3)27-26(30)21(4)28(18-22-11-8-7-10-19(22)2)25(29)12-9-17-32-24-15-13-23(31-5)14-16-24/h7-8,10-11,13-16,20-21H,6,9,12,17-18H2,1-5H3,(H,27,30)/t20-,21+/m1/s1. The molecule has 0 unspecified atom stereocenters. The third kappa shape index (κ3) is 7.59. The van der Waals surface area contributed by atoms with E-state index in [4.69, 9.17) is 9.47 Å². The average molecular weight is 441 g/mol. The van der Waals surface area contributed by atoms with Gasteiger partial charge in [-0.25, -0.2) is 0 Å². The number of hydrogen-bond acceptors (Lipinski definition) is 4. The molecule has 0 saturated heterocycles. The molecule has 32 heavy (non-hydrogen) atoms. The Hall–Kier alpha value is -3.02. The van der Waals surface area contributed by atoms with Crippen LogP contribution in [0, 0.1) is 6.92 Å². The minimum absolute atomic E-state index is 0.0571. The van der Waals surface area contributed by atoms with Crippen molar-refractivity contribution in [2.75, 3.05) is 13.7 Å². The molecule has 0 aliphatic carbocycles. The first-order valence-corrected chi connectivity index (χ1v) is 11.3. The second-order valence-electron chi connectivity index (χ2n) is 8.07. The molecule has 0 aliphatic rings. The van der Waals surface area contributed by atoms with Crippen molar-refractivity contribution in [3.05, 3.63) is 59.7 Å². The molecule has 2 aromatic carbocycles. The quantitative estimate of drug-likeness (QED) is 0.494. The van der Waals surface area contributed by atoms with E-state index in [0.29, 0.717) is 26.0 Å². The Morgan fingerprint density at radius 2 is 1.69 bits per heavy atom. The molecule has 6 nitrogen and oxygen atoms in total. The van der Waals surface area contributed by atoms with Gasteiger partial charge < -0.3 is 19.7 Å². The lowest BCUT2D eigenvalue weighted by molar-refractivity contribution is -0.141. The molecule has 0 aromatic heterocycles. The highest BCUT2D eigenvalue weighted by Gasteiger charge is 2.26. The van der Waals surface area contributed by atoms with E-state index in [-0.39, 0.29) is 17.9 Å². The zero-order valence-electron chi connectivity index (χ0n) is 19.9. The largest absolute Gasteiger partial charge is 0.497 e. The number of carbonyl (C=O) groups excluding carboxylic acids is 2.